The highest BCUT2D eigenvalue weighted by Crippen LogP contribution is 2.29. The van der Waals surface area contributed by atoms with Crippen molar-refractivity contribution < 1.29 is 9.85 Å². The Kier molecular flexibility index (Phi) is 2.70. The lowest BCUT2D eigenvalue weighted by atomic mass is 10.0. The molecule has 0 radical (unpaired) electrons. The van der Waals surface area contributed by atoms with Crippen LogP contribution in [0, 0.1) is 20.2 Å². The Morgan fingerprint density at radius 2 is 1.71 bits per heavy atom. The van der Waals surface area contributed by atoms with Gasteiger partial charge in [-0.15, -0.1) is 0 Å². The van der Waals surface area contributed by atoms with Crippen molar-refractivity contribution in [2.75, 3.05) is 0 Å². The monoisotopic (exact) mass is 232 g/mol. The number of nitro groups is 2. The third-order valence-electron chi connectivity index (χ3n) is 2.52. The average molecular weight is 232 g/mol. The zero-order chi connectivity index (χ0) is 12.4. The molecule has 2 rings (SSSR count). The van der Waals surface area contributed by atoms with E-state index in [0.717, 1.165) is 5.57 Å². The zero-order valence-electron chi connectivity index (χ0n) is 8.70. The highest BCUT2D eigenvalue weighted by Gasteiger charge is 2.29. The summed E-state index contributed by atoms with van der Waals surface area (Å²) in [4.78, 5) is 20.6. The van der Waals surface area contributed by atoms with Gasteiger partial charge >= 0.3 is 0 Å². The number of allylic oxidation sites excluding steroid dienone is 8. The molecule has 0 aromatic carbocycles. The van der Waals surface area contributed by atoms with E-state index in [1.54, 1.807) is 12.2 Å². The van der Waals surface area contributed by atoms with E-state index in [1.807, 2.05) is 0 Å². The fraction of sp³-hybridized carbons (Fsp3) is 0.0909. The minimum absolute atomic E-state index is 0.144. The van der Waals surface area contributed by atoms with Gasteiger partial charge in [0.15, 0.2) is 0 Å². The van der Waals surface area contributed by atoms with Gasteiger partial charge in [0.05, 0.1) is 9.85 Å². The average Bonchev–Trinajstić information content (AvgIpc) is 2.58. The van der Waals surface area contributed by atoms with Gasteiger partial charge in [-0.25, -0.2) is 0 Å². The van der Waals surface area contributed by atoms with Crippen molar-refractivity contribution in [2.24, 2.45) is 0 Å². The van der Waals surface area contributed by atoms with Crippen molar-refractivity contribution in [1.82, 2.24) is 0 Å². The van der Waals surface area contributed by atoms with E-state index in [0.29, 0.717) is 0 Å². The second-order valence-electron chi connectivity index (χ2n) is 3.57. The van der Waals surface area contributed by atoms with E-state index < -0.39 is 9.85 Å². The maximum atomic E-state index is 10.9. The first-order valence-corrected chi connectivity index (χ1v) is 4.87. The van der Waals surface area contributed by atoms with Crippen LogP contribution in [0.4, 0.5) is 0 Å². The first-order valence-electron chi connectivity index (χ1n) is 4.87. The van der Waals surface area contributed by atoms with E-state index in [4.69, 9.17) is 0 Å². The molecule has 0 N–H and O–H groups in total. The highest BCUT2D eigenvalue weighted by atomic mass is 16.6. The second-order valence-corrected chi connectivity index (χ2v) is 3.57. The predicted octanol–water partition coefficient (Wildman–Crippen LogP) is 2.13. The third kappa shape index (κ3) is 2.05. The number of rotatable bonds is 2. The zero-order valence-corrected chi connectivity index (χ0v) is 8.70. The van der Waals surface area contributed by atoms with Crippen LogP contribution >= 0.6 is 0 Å². The Morgan fingerprint density at radius 1 is 1.00 bits per heavy atom. The molecule has 0 saturated heterocycles. The maximum Gasteiger partial charge on any atom is 0.279 e. The van der Waals surface area contributed by atoms with Crippen molar-refractivity contribution in [3.05, 3.63) is 79.2 Å². The Hall–Kier alpha value is -2.50. The number of fused-ring (bicyclic) bond motifs is 2. The molecular formula is C11H8N2O4. The molecule has 2 aliphatic rings. The second kappa shape index (κ2) is 4.17. The molecule has 0 atom stereocenters. The highest BCUT2D eigenvalue weighted by molar-refractivity contribution is 5.47. The van der Waals surface area contributed by atoms with Crippen LogP contribution in [0.25, 0.3) is 0 Å². The first-order chi connectivity index (χ1) is 8.09. The summed E-state index contributed by atoms with van der Waals surface area (Å²) in [6.45, 7) is 0. The van der Waals surface area contributed by atoms with Crippen molar-refractivity contribution in [3.63, 3.8) is 0 Å². The van der Waals surface area contributed by atoms with Gasteiger partial charge in [0, 0.05) is 18.6 Å². The molecule has 0 heterocycles. The van der Waals surface area contributed by atoms with E-state index in [2.05, 4.69) is 0 Å². The van der Waals surface area contributed by atoms with Gasteiger partial charge < -0.3 is 0 Å². The summed E-state index contributed by atoms with van der Waals surface area (Å²) in [6, 6.07) is 0. The number of nitrogens with zero attached hydrogens (tertiary/aromatic N) is 2. The predicted molar refractivity (Wildman–Crippen MR) is 60.1 cm³/mol. The quantitative estimate of drug-likeness (QED) is 0.539. The lowest BCUT2D eigenvalue weighted by molar-refractivity contribution is -0.433. The summed E-state index contributed by atoms with van der Waals surface area (Å²) < 4.78 is 0. The van der Waals surface area contributed by atoms with Crippen LogP contribution in [0.5, 0.6) is 0 Å². The maximum absolute atomic E-state index is 10.9. The molecular weight excluding hydrogens is 224 g/mol. The van der Waals surface area contributed by atoms with Crippen LogP contribution in [0.1, 0.15) is 6.42 Å². The van der Waals surface area contributed by atoms with Gasteiger partial charge in [-0.3, -0.25) is 20.2 Å². The van der Waals surface area contributed by atoms with E-state index in [-0.39, 0.29) is 23.4 Å². The Labute approximate surface area is 96.2 Å². The summed E-state index contributed by atoms with van der Waals surface area (Å²) in [5.74, 6) is 0. The Balaban J connectivity index is 2.65. The van der Waals surface area contributed by atoms with Gasteiger partial charge in [-0.1, -0.05) is 24.3 Å². The summed E-state index contributed by atoms with van der Waals surface area (Å²) in [6.07, 6.45) is 9.28. The minimum Gasteiger partial charge on any atom is -0.258 e. The first kappa shape index (κ1) is 11.0. The minimum atomic E-state index is -0.592. The fourth-order valence-electron chi connectivity index (χ4n) is 1.76. The van der Waals surface area contributed by atoms with Crippen LogP contribution < -0.4 is 0 Å². The van der Waals surface area contributed by atoms with Crippen LogP contribution in [-0.4, -0.2) is 9.85 Å². The third-order valence-corrected chi connectivity index (χ3v) is 2.52. The summed E-state index contributed by atoms with van der Waals surface area (Å²) in [5, 5.41) is 21.8. The molecule has 2 aliphatic carbocycles. The molecule has 0 spiro atoms. The lowest BCUT2D eigenvalue weighted by Crippen LogP contribution is -2.08. The van der Waals surface area contributed by atoms with Crippen molar-refractivity contribution in [1.29, 1.82) is 0 Å². The van der Waals surface area contributed by atoms with E-state index >= 15 is 0 Å². The van der Waals surface area contributed by atoms with Gasteiger partial charge in [-0.05, 0) is 5.57 Å². The lowest BCUT2D eigenvalue weighted by Gasteiger charge is -2.02. The Bertz CT molecular complexity index is 550. The molecule has 0 fully saturated rings. The van der Waals surface area contributed by atoms with Gasteiger partial charge in [0.25, 0.3) is 11.4 Å². The van der Waals surface area contributed by atoms with Crippen LogP contribution in [0.15, 0.2) is 59.0 Å². The molecule has 0 aromatic rings. The van der Waals surface area contributed by atoms with E-state index in [9.17, 15) is 20.2 Å². The van der Waals surface area contributed by atoms with Gasteiger partial charge in [0.2, 0.25) is 0 Å². The van der Waals surface area contributed by atoms with Crippen molar-refractivity contribution >= 4 is 0 Å². The smallest absolute Gasteiger partial charge is 0.258 e. The number of hydrogen-bond donors (Lipinski definition) is 0. The molecule has 6 nitrogen and oxygen atoms in total. The summed E-state index contributed by atoms with van der Waals surface area (Å²) in [7, 11) is 0. The molecule has 0 aromatic heterocycles. The van der Waals surface area contributed by atoms with Gasteiger partial charge in [-0.2, -0.15) is 0 Å². The number of hydrogen-bond acceptors (Lipinski definition) is 4. The fourth-order valence-corrected chi connectivity index (χ4v) is 1.76. The SMILES string of the molecule is O=[N+]([O-])C1=CC=CC2=CC=CC([N+](=O)[O-])=C1C2. The van der Waals surface area contributed by atoms with Crippen molar-refractivity contribution in [2.45, 2.75) is 6.42 Å². The van der Waals surface area contributed by atoms with Crippen LogP contribution in [0.3, 0.4) is 0 Å². The molecule has 0 unspecified atom stereocenters. The van der Waals surface area contributed by atoms with Gasteiger partial charge in [0.1, 0.15) is 5.57 Å². The van der Waals surface area contributed by atoms with Crippen LogP contribution in [-0.2, 0) is 0 Å². The topological polar surface area (TPSA) is 86.3 Å². The Morgan fingerprint density at radius 3 is 2.35 bits per heavy atom. The molecule has 17 heavy (non-hydrogen) atoms. The normalized spacial score (nSPS) is 18.1. The largest absolute Gasteiger partial charge is 0.279 e. The molecule has 0 aliphatic heterocycles. The molecule has 0 saturated carbocycles. The van der Waals surface area contributed by atoms with Crippen LogP contribution in [0.2, 0.25) is 0 Å². The van der Waals surface area contributed by atoms with E-state index in [1.165, 1.54) is 24.3 Å². The molecule has 6 heteroatoms. The molecule has 86 valence electrons. The summed E-state index contributed by atoms with van der Waals surface area (Å²) >= 11 is 0. The molecule has 2 bridgehead atoms. The molecule has 0 amide bonds. The van der Waals surface area contributed by atoms with Crippen molar-refractivity contribution in [3.8, 4) is 0 Å². The summed E-state index contributed by atoms with van der Waals surface area (Å²) in [5.41, 5.74) is 0.511. The standard InChI is InChI=1S/C11H8N2O4/c14-12(15)10-5-1-3-8-4-2-6-11(13(16)17)9(10)7-8/h1-6H,7H2.